The van der Waals surface area contributed by atoms with Gasteiger partial charge in [0.25, 0.3) is 0 Å². The Bertz CT molecular complexity index is 915. The summed E-state index contributed by atoms with van der Waals surface area (Å²) in [6, 6.07) is 4.41. The molecule has 1 aromatic heterocycles. The molecule has 1 saturated heterocycles. The molecule has 28 heavy (non-hydrogen) atoms. The maximum absolute atomic E-state index is 14.3. The van der Waals surface area contributed by atoms with E-state index in [1.54, 1.807) is 6.07 Å². The molecular formula is C20H24FN5O2. The molecule has 4 N–H and O–H groups in total. The van der Waals surface area contributed by atoms with E-state index >= 15 is 0 Å². The Kier molecular flexibility index (Phi) is 4.66. The van der Waals surface area contributed by atoms with Crippen LogP contribution in [0.5, 0.6) is 5.75 Å². The second-order valence-corrected chi connectivity index (χ2v) is 7.84. The lowest BCUT2D eigenvalue weighted by Gasteiger charge is -2.18. The smallest absolute Gasteiger partial charge is 0.167 e. The van der Waals surface area contributed by atoms with Crippen molar-refractivity contribution in [3.63, 3.8) is 0 Å². The summed E-state index contributed by atoms with van der Waals surface area (Å²) in [5, 5.41) is 17.9. The number of aliphatic hydroxyl groups is 1. The Balaban J connectivity index is 1.61. The molecule has 0 amide bonds. The molecule has 1 aromatic carbocycles. The molecule has 7 nitrogen and oxygen atoms in total. The van der Waals surface area contributed by atoms with Gasteiger partial charge in [0.2, 0.25) is 0 Å². The number of ether oxygens (including phenoxy) is 1. The summed E-state index contributed by atoms with van der Waals surface area (Å²) in [5.74, 6) is 0.508. The van der Waals surface area contributed by atoms with Crippen LogP contribution in [0.4, 0.5) is 15.9 Å². The molecule has 148 valence electrons. The SMILES string of the molecule is CC1(Oc2cc(C(=N)c3cc(N4CC[C@H](CO)C4)ncn3)c(N)cc2F)CC1. The zero-order valence-corrected chi connectivity index (χ0v) is 15.8. The first kappa shape index (κ1) is 18.6. The fraction of sp³-hybridized carbons (Fsp3) is 0.450. The van der Waals surface area contributed by atoms with Gasteiger partial charge in [-0.25, -0.2) is 14.4 Å². The van der Waals surface area contributed by atoms with Gasteiger partial charge in [-0.1, -0.05) is 0 Å². The van der Waals surface area contributed by atoms with Gasteiger partial charge in [0.1, 0.15) is 17.7 Å². The third-order valence-corrected chi connectivity index (χ3v) is 5.46. The standard InChI is InChI=1S/C20H24FN5O2/c1-20(3-4-20)28-17-6-13(15(22)7-14(17)21)19(23)16-8-18(25-11-24-16)26-5-2-12(9-26)10-27/h6-8,11-12,23,27H,2-5,9-10,22H2,1H3/t12-/m0/s1. The molecule has 2 aromatic rings. The van der Waals surface area contributed by atoms with Gasteiger partial charge in [0.15, 0.2) is 11.6 Å². The summed E-state index contributed by atoms with van der Waals surface area (Å²) in [7, 11) is 0. The Morgan fingerprint density at radius 2 is 2.18 bits per heavy atom. The predicted molar refractivity (Wildman–Crippen MR) is 104 cm³/mol. The second-order valence-electron chi connectivity index (χ2n) is 7.84. The van der Waals surface area contributed by atoms with Gasteiger partial charge in [0, 0.05) is 49.0 Å². The van der Waals surface area contributed by atoms with Crippen LogP contribution >= 0.6 is 0 Å². The second kappa shape index (κ2) is 7.01. The highest BCUT2D eigenvalue weighted by molar-refractivity contribution is 6.13. The van der Waals surface area contributed by atoms with E-state index in [-0.39, 0.29) is 35.3 Å². The van der Waals surface area contributed by atoms with Gasteiger partial charge in [0.05, 0.1) is 11.4 Å². The summed E-state index contributed by atoms with van der Waals surface area (Å²) in [6.45, 7) is 3.60. The molecule has 1 aliphatic heterocycles. The third kappa shape index (κ3) is 3.64. The average Bonchev–Trinajstić information content (AvgIpc) is 3.22. The first-order valence-corrected chi connectivity index (χ1v) is 9.44. The molecule has 1 atom stereocenters. The maximum Gasteiger partial charge on any atom is 0.167 e. The van der Waals surface area contributed by atoms with Crippen molar-refractivity contribution in [2.75, 3.05) is 30.3 Å². The Labute approximate surface area is 162 Å². The number of aliphatic hydroxyl groups excluding tert-OH is 1. The number of nitrogen functional groups attached to an aromatic ring is 1. The predicted octanol–water partition coefficient (Wildman–Crippen LogP) is 2.36. The Morgan fingerprint density at radius 1 is 1.39 bits per heavy atom. The van der Waals surface area contributed by atoms with Crippen LogP contribution < -0.4 is 15.4 Å². The van der Waals surface area contributed by atoms with Crippen LogP contribution in [0, 0.1) is 17.1 Å². The topological polar surface area (TPSA) is 108 Å². The summed E-state index contributed by atoms with van der Waals surface area (Å²) in [6.07, 6.45) is 4.07. The van der Waals surface area contributed by atoms with Crippen LogP contribution in [-0.4, -0.2) is 46.1 Å². The number of aromatic nitrogens is 2. The minimum atomic E-state index is -0.530. The molecule has 0 unspecified atom stereocenters. The molecule has 2 aliphatic rings. The van der Waals surface area contributed by atoms with E-state index in [2.05, 4.69) is 14.9 Å². The molecule has 2 heterocycles. The van der Waals surface area contributed by atoms with Gasteiger partial charge < -0.3 is 20.5 Å². The van der Waals surface area contributed by atoms with E-state index in [1.165, 1.54) is 18.5 Å². The van der Waals surface area contributed by atoms with Crippen molar-refractivity contribution in [1.29, 1.82) is 5.41 Å². The number of benzene rings is 1. The van der Waals surface area contributed by atoms with E-state index in [4.69, 9.17) is 15.9 Å². The molecule has 0 bridgehead atoms. The normalized spacial score (nSPS) is 20.2. The molecule has 4 rings (SSSR count). The fourth-order valence-corrected chi connectivity index (χ4v) is 3.39. The number of rotatable bonds is 6. The zero-order chi connectivity index (χ0) is 19.9. The van der Waals surface area contributed by atoms with Crippen molar-refractivity contribution in [1.82, 2.24) is 9.97 Å². The Morgan fingerprint density at radius 3 is 2.86 bits per heavy atom. The molecular weight excluding hydrogens is 361 g/mol. The first-order chi connectivity index (χ1) is 13.4. The minimum Gasteiger partial charge on any atom is -0.484 e. The minimum absolute atomic E-state index is 0.0878. The molecule has 1 saturated carbocycles. The van der Waals surface area contributed by atoms with Crippen LogP contribution in [0.25, 0.3) is 0 Å². The highest BCUT2D eigenvalue weighted by Crippen LogP contribution is 2.41. The molecule has 1 aliphatic carbocycles. The van der Waals surface area contributed by atoms with Crippen molar-refractivity contribution < 1.29 is 14.2 Å². The van der Waals surface area contributed by atoms with Gasteiger partial charge >= 0.3 is 0 Å². The number of halogens is 1. The van der Waals surface area contributed by atoms with E-state index < -0.39 is 5.82 Å². The Hall–Kier alpha value is -2.74. The van der Waals surface area contributed by atoms with Crippen LogP contribution in [0.1, 0.15) is 37.4 Å². The summed E-state index contributed by atoms with van der Waals surface area (Å²) in [4.78, 5) is 10.6. The number of hydrogen-bond acceptors (Lipinski definition) is 7. The highest BCUT2D eigenvalue weighted by atomic mass is 19.1. The van der Waals surface area contributed by atoms with Crippen molar-refractivity contribution in [3.05, 3.63) is 41.6 Å². The van der Waals surface area contributed by atoms with Crippen LogP contribution in [0.3, 0.4) is 0 Å². The number of hydrogen-bond donors (Lipinski definition) is 3. The van der Waals surface area contributed by atoms with Crippen molar-refractivity contribution in [2.45, 2.75) is 31.8 Å². The lowest BCUT2D eigenvalue weighted by atomic mass is 10.0. The highest BCUT2D eigenvalue weighted by Gasteiger charge is 2.40. The largest absolute Gasteiger partial charge is 0.484 e. The van der Waals surface area contributed by atoms with Gasteiger partial charge in [-0.15, -0.1) is 0 Å². The van der Waals surface area contributed by atoms with Gasteiger partial charge in [-0.05, 0) is 32.3 Å². The van der Waals surface area contributed by atoms with E-state index in [0.717, 1.165) is 32.4 Å². The average molecular weight is 385 g/mol. The summed E-state index contributed by atoms with van der Waals surface area (Å²) < 4.78 is 20.0. The maximum atomic E-state index is 14.3. The third-order valence-electron chi connectivity index (χ3n) is 5.46. The van der Waals surface area contributed by atoms with Gasteiger partial charge in [-0.3, -0.25) is 5.41 Å². The molecule has 2 fully saturated rings. The van der Waals surface area contributed by atoms with Crippen LogP contribution in [-0.2, 0) is 0 Å². The number of anilines is 2. The number of nitrogens with zero attached hydrogens (tertiary/aromatic N) is 3. The van der Waals surface area contributed by atoms with Crippen molar-refractivity contribution in [3.8, 4) is 5.75 Å². The quantitative estimate of drug-likeness (QED) is 0.520. The monoisotopic (exact) mass is 385 g/mol. The zero-order valence-electron chi connectivity index (χ0n) is 15.8. The first-order valence-electron chi connectivity index (χ1n) is 9.44. The van der Waals surface area contributed by atoms with Gasteiger partial charge in [-0.2, -0.15) is 0 Å². The van der Waals surface area contributed by atoms with Crippen LogP contribution in [0.15, 0.2) is 24.5 Å². The number of nitrogens with two attached hydrogens (primary N) is 1. The number of nitrogens with one attached hydrogen (secondary N) is 1. The lowest BCUT2D eigenvalue weighted by Crippen LogP contribution is -2.22. The molecule has 0 spiro atoms. The lowest BCUT2D eigenvalue weighted by molar-refractivity contribution is 0.191. The molecule has 8 heteroatoms. The van der Waals surface area contributed by atoms with Crippen molar-refractivity contribution >= 4 is 17.2 Å². The summed E-state index contributed by atoms with van der Waals surface area (Å²) >= 11 is 0. The van der Waals surface area contributed by atoms with E-state index in [9.17, 15) is 9.50 Å². The van der Waals surface area contributed by atoms with Crippen molar-refractivity contribution in [2.24, 2.45) is 5.92 Å². The van der Waals surface area contributed by atoms with E-state index in [0.29, 0.717) is 17.1 Å². The fourth-order valence-electron chi connectivity index (χ4n) is 3.39. The molecule has 0 radical (unpaired) electrons. The summed E-state index contributed by atoms with van der Waals surface area (Å²) in [5.41, 5.74) is 6.68. The van der Waals surface area contributed by atoms with E-state index in [1.807, 2.05) is 6.92 Å². The van der Waals surface area contributed by atoms with Crippen LogP contribution in [0.2, 0.25) is 0 Å².